The zero-order valence-electron chi connectivity index (χ0n) is 14.5. The molecule has 2 amide bonds. The van der Waals surface area contributed by atoms with Gasteiger partial charge in [0, 0.05) is 11.3 Å². The van der Waals surface area contributed by atoms with E-state index in [9.17, 15) is 19.8 Å². The average Bonchev–Trinajstić information content (AvgIpc) is 2.55. The van der Waals surface area contributed by atoms with Gasteiger partial charge in [-0.15, -0.1) is 0 Å². The molecule has 1 aliphatic heterocycles. The molecule has 0 saturated heterocycles. The fourth-order valence-corrected chi connectivity index (χ4v) is 3.81. The standard InChI is InChI=1S/C17H20Br2N2O5/c1-4-5-10-11(16(24)26-7(2)3)13(21-17(25)20-10)8-6-9(18)15(23)12(19)14(8)22/h6-7,13,22-23H,4-5H2,1-3H3,(H2,20,21,25). The highest BCUT2D eigenvalue weighted by Gasteiger charge is 2.36. The fraction of sp³-hybridized carbons (Fsp3) is 0.412. The molecule has 0 radical (unpaired) electrons. The van der Waals surface area contributed by atoms with E-state index in [0.717, 1.165) is 0 Å². The van der Waals surface area contributed by atoms with E-state index in [2.05, 4.69) is 42.5 Å². The van der Waals surface area contributed by atoms with Crippen molar-refractivity contribution < 1.29 is 24.5 Å². The summed E-state index contributed by atoms with van der Waals surface area (Å²) in [5.41, 5.74) is 0.923. The zero-order valence-corrected chi connectivity index (χ0v) is 17.7. The number of carbonyl (C=O) groups is 2. The lowest BCUT2D eigenvalue weighted by atomic mass is 9.93. The van der Waals surface area contributed by atoms with Crippen molar-refractivity contribution >= 4 is 43.9 Å². The molecular weight excluding hydrogens is 472 g/mol. The molecule has 0 aromatic heterocycles. The summed E-state index contributed by atoms with van der Waals surface area (Å²) in [7, 11) is 0. The highest BCUT2D eigenvalue weighted by molar-refractivity contribution is 9.11. The van der Waals surface area contributed by atoms with E-state index in [0.29, 0.717) is 23.0 Å². The third-order valence-corrected chi connectivity index (χ3v) is 5.08. The number of carbonyl (C=O) groups excluding carboxylic acids is 2. The van der Waals surface area contributed by atoms with Gasteiger partial charge in [0.2, 0.25) is 0 Å². The molecule has 1 atom stereocenters. The van der Waals surface area contributed by atoms with E-state index in [1.165, 1.54) is 6.07 Å². The summed E-state index contributed by atoms with van der Waals surface area (Å²) in [6, 6.07) is 0.0433. The molecule has 1 unspecified atom stereocenters. The number of benzene rings is 1. The maximum atomic E-state index is 12.7. The van der Waals surface area contributed by atoms with Crippen molar-refractivity contribution in [1.29, 1.82) is 0 Å². The van der Waals surface area contributed by atoms with Crippen LogP contribution in [0, 0.1) is 0 Å². The van der Waals surface area contributed by atoms with Crippen molar-refractivity contribution in [2.75, 3.05) is 0 Å². The smallest absolute Gasteiger partial charge is 0.338 e. The van der Waals surface area contributed by atoms with Gasteiger partial charge in [0.1, 0.15) is 16.0 Å². The lowest BCUT2D eigenvalue weighted by molar-refractivity contribution is -0.143. The van der Waals surface area contributed by atoms with Crippen molar-refractivity contribution in [3.8, 4) is 11.5 Å². The summed E-state index contributed by atoms with van der Waals surface area (Å²) >= 11 is 6.32. The number of rotatable bonds is 5. The number of ether oxygens (including phenoxy) is 1. The van der Waals surface area contributed by atoms with Crippen molar-refractivity contribution in [2.24, 2.45) is 0 Å². The molecule has 26 heavy (non-hydrogen) atoms. The average molecular weight is 492 g/mol. The van der Waals surface area contributed by atoms with E-state index in [4.69, 9.17) is 4.74 Å². The third kappa shape index (κ3) is 4.15. The van der Waals surface area contributed by atoms with E-state index in [-0.39, 0.29) is 33.2 Å². The first-order valence-electron chi connectivity index (χ1n) is 8.08. The lowest BCUT2D eigenvalue weighted by Crippen LogP contribution is -2.46. The van der Waals surface area contributed by atoms with Gasteiger partial charge >= 0.3 is 12.0 Å². The summed E-state index contributed by atoms with van der Waals surface area (Å²) in [6.07, 6.45) is 0.826. The van der Waals surface area contributed by atoms with Crippen molar-refractivity contribution in [1.82, 2.24) is 10.6 Å². The minimum Gasteiger partial charge on any atom is -0.506 e. The maximum absolute atomic E-state index is 12.7. The van der Waals surface area contributed by atoms with E-state index < -0.39 is 18.0 Å². The normalized spacial score (nSPS) is 17.2. The van der Waals surface area contributed by atoms with E-state index in [1.807, 2.05) is 6.92 Å². The molecule has 9 heteroatoms. The van der Waals surface area contributed by atoms with Crippen LogP contribution in [0.3, 0.4) is 0 Å². The van der Waals surface area contributed by atoms with Gasteiger partial charge in [0.25, 0.3) is 0 Å². The molecule has 0 spiro atoms. The predicted molar refractivity (Wildman–Crippen MR) is 103 cm³/mol. The molecule has 1 aromatic rings. The van der Waals surface area contributed by atoms with Crippen molar-refractivity contribution in [2.45, 2.75) is 45.8 Å². The van der Waals surface area contributed by atoms with Gasteiger partial charge in [0.15, 0.2) is 0 Å². The fourth-order valence-electron chi connectivity index (χ4n) is 2.65. The Morgan fingerprint density at radius 1 is 1.31 bits per heavy atom. The topological polar surface area (TPSA) is 108 Å². The Balaban J connectivity index is 2.65. The Kier molecular flexibility index (Phi) is 6.57. The molecular formula is C17H20Br2N2O5. The van der Waals surface area contributed by atoms with Crippen LogP contribution in [0.15, 0.2) is 26.3 Å². The number of aromatic hydroxyl groups is 2. The number of hydrogen-bond acceptors (Lipinski definition) is 5. The highest BCUT2D eigenvalue weighted by Crippen LogP contribution is 2.45. The van der Waals surface area contributed by atoms with Crippen LogP contribution >= 0.6 is 31.9 Å². The van der Waals surface area contributed by atoms with Crippen LogP contribution in [0.2, 0.25) is 0 Å². The molecule has 142 valence electrons. The van der Waals surface area contributed by atoms with E-state index in [1.54, 1.807) is 13.8 Å². The Morgan fingerprint density at radius 2 is 1.96 bits per heavy atom. The molecule has 4 N–H and O–H groups in total. The number of allylic oxidation sites excluding steroid dienone is 1. The van der Waals surface area contributed by atoms with Crippen LogP contribution in [-0.2, 0) is 9.53 Å². The van der Waals surface area contributed by atoms with Crippen LogP contribution in [-0.4, -0.2) is 28.3 Å². The molecule has 0 aliphatic carbocycles. The molecule has 1 aromatic carbocycles. The van der Waals surface area contributed by atoms with Crippen molar-refractivity contribution in [3.05, 3.63) is 31.8 Å². The van der Waals surface area contributed by atoms with Gasteiger partial charge in [-0.3, -0.25) is 0 Å². The largest absolute Gasteiger partial charge is 0.506 e. The summed E-state index contributed by atoms with van der Waals surface area (Å²) in [4.78, 5) is 24.8. The summed E-state index contributed by atoms with van der Waals surface area (Å²) < 4.78 is 5.70. The van der Waals surface area contributed by atoms with Gasteiger partial charge in [-0.2, -0.15) is 0 Å². The number of hydrogen-bond donors (Lipinski definition) is 4. The second-order valence-electron chi connectivity index (χ2n) is 6.09. The molecule has 0 saturated carbocycles. The number of nitrogens with one attached hydrogen (secondary N) is 2. The number of phenols is 2. The summed E-state index contributed by atoms with van der Waals surface area (Å²) in [6.45, 7) is 5.38. The Hall–Kier alpha value is -1.74. The first-order valence-corrected chi connectivity index (χ1v) is 9.67. The van der Waals surface area contributed by atoms with Gasteiger partial charge in [0.05, 0.1) is 22.2 Å². The second-order valence-corrected chi connectivity index (χ2v) is 7.73. The quantitative estimate of drug-likeness (QED) is 0.466. The van der Waals surface area contributed by atoms with Gasteiger partial charge < -0.3 is 25.6 Å². The van der Waals surface area contributed by atoms with Crippen LogP contribution in [0.4, 0.5) is 4.79 Å². The Labute approximate surface area is 168 Å². The van der Waals surface area contributed by atoms with Gasteiger partial charge in [-0.25, -0.2) is 9.59 Å². The van der Waals surface area contributed by atoms with E-state index >= 15 is 0 Å². The molecule has 0 fully saturated rings. The van der Waals surface area contributed by atoms with Gasteiger partial charge in [-0.05, 0) is 58.2 Å². The summed E-state index contributed by atoms with van der Waals surface area (Å²) in [5, 5.41) is 25.7. The number of phenolic OH excluding ortho intramolecular Hbond substituents is 2. The van der Waals surface area contributed by atoms with Crippen LogP contribution in [0.5, 0.6) is 11.5 Å². The number of halogens is 2. The summed E-state index contributed by atoms with van der Waals surface area (Å²) in [5.74, 6) is -1.04. The molecule has 7 nitrogen and oxygen atoms in total. The van der Waals surface area contributed by atoms with Crippen LogP contribution < -0.4 is 10.6 Å². The lowest BCUT2D eigenvalue weighted by Gasteiger charge is -2.30. The number of amides is 2. The highest BCUT2D eigenvalue weighted by atomic mass is 79.9. The second kappa shape index (κ2) is 8.30. The monoisotopic (exact) mass is 490 g/mol. The molecule has 1 aliphatic rings. The first kappa shape index (κ1) is 20.6. The SMILES string of the molecule is CCCC1=C(C(=O)OC(C)C)C(c2cc(Br)c(O)c(Br)c2O)NC(=O)N1. The Bertz CT molecular complexity index is 777. The zero-order chi connectivity index (χ0) is 19.6. The minimum absolute atomic E-state index is 0.0586. The van der Waals surface area contributed by atoms with Gasteiger partial charge in [-0.1, -0.05) is 13.3 Å². The minimum atomic E-state index is -0.926. The maximum Gasteiger partial charge on any atom is 0.338 e. The van der Waals surface area contributed by atoms with Crippen LogP contribution in [0.25, 0.3) is 0 Å². The first-order chi connectivity index (χ1) is 12.2. The molecule has 2 rings (SSSR count). The molecule has 0 bridgehead atoms. The number of urea groups is 1. The Morgan fingerprint density at radius 3 is 2.54 bits per heavy atom. The van der Waals surface area contributed by atoms with Crippen LogP contribution in [0.1, 0.15) is 45.2 Å². The predicted octanol–water partition coefficient (Wildman–Crippen LogP) is 3.98. The van der Waals surface area contributed by atoms with Crippen molar-refractivity contribution in [3.63, 3.8) is 0 Å². The molecule has 1 heterocycles. The third-order valence-electron chi connectivity index (χ3n) is 3.72. The number of esters is 1.